The number of methoxy groups -OCH3 is 1. The fourth-order valence-electron chi connectivity index (χ4n) is 1.75. The monoisotopic (exact) mass is 222 g/mol. The van der Waals surface area contributed by atoms with Crippen LogP contribution in [0.2, 0.25) is 0 Å². The standard InChI is InChI=1S/C14H22O2/c1-11(2)13-8-7-12(6-4-5-9-15)14(10-13)16-3/h7-8,10-11,15H,4-6,9H2,1-3H3. The van der Waals surface area contributed by atoms with Crippen LogP contribution in [0.3, 0.4) is 0 Å². The van der Waals surface area contributed by atoms with Crippen LogP contribution in [-0.4, -0.2) is 18.8 Å². The molecule has 0 aliphatic heterocycles. The number of unbranched alkanes of at least 4 members (excludes halogenated alkanes) is 1. The fraction of sp³-hybridized carbons (Fsp3) is 0.571. The van der Waals surface area contributed by atoms with Crippen molar-refractivity contribution in [2.24, 2.45) is 0 Å². The maximum atomic E-state index is 8.76. The molecule has 0 fully saturated rings. The summed E-state index contributed by atoms with van der Waals surface area (Å²) >= 11 is 0. The molecule has 1 aromatic carbocycles. The highest BCUT2D eigenvalue weighted by Crippen LogP contribution is 2.25. The third-order valence-electron chi connectivity index (χ3n) is 2.83. The van der Waals surface area contributed by atoms with Gasteiger partial charge in [-0.2, -0.15) is 0 Å². The minimum atomic E-state index is 0.270. The molecule has 0 saturated carbocycles. The lowest BCUT2D eigenvalue weighted by atomic mass is 9.99. The average Bonchev–Trinajstić information content (AvgIpc) is 2.29. The van der Waals surface area contributed by atoms with E-state index in [1.54, 1.807) is 7.11 Å². The second-order valence-electron chi connectivity index (χ2n) is 4.41. The summed E-state index contributed by atoms with van der Waals surface area (Å²) in [5.41, 5.74) is 2.54. The molecule has 0 aliphatic carbocycles. The van der Waals surface area contributed by atoms with Crippen molar-refractivity contribution in [1.82, 2.24) is 0 Å². The molecule has 0 spiro atoms. The van der Waals surface area contributed by atoms with Gasteiger partial charge < -0.3 is 9.84 Å². The molecular formula is C14H22O2. The molecule has 0 heterocycles. The first kappa shape index (κ1) is 13.0. The Labute approximate surface area is 98.3 Å². The summed E-state index contributed by atoms with van der Waals surface area (Å²) < 4.78 is 5.40. The Hall–Kier alpha value is -1.02. The lowest BCUT2D eigenvalue weighted by Gasteiger charge is -2.12. The molecule has 1 aromatic rings. The third-order valence-corrected chi connectivity index (χ3v) is 2.83. The molecule has 90 valence electrons. The summed E-state index contributed by atoms with van der Waals surface area (Å²) in [7, 11) is 1.72. The van der Waals surface area contributed by atoms with Gasteiger partial charge >= 0.3 is 0 Å². The lowest BCUT2D eigenvalue weighted by Crippen LogP contribution is -1.96. The summed E-state index contributed by atoms with van der Waals surface area (Å²) in [6.07, 6.45) is 2.84. The molecule has 0 aromatic heterocycles. The van der Waals surface area contributed by atoms with Crippen molar-refractivity contribution in [3.63, 3.8) is 0 Å². The first-order valence-electron chi connectivity index (χ1n) is 5.96. The zero-order valence-corrected chi connectivity index (χ0v) is 10.5. The Bertz CT molecular complexity index is 319. The normalized spacial score (nSPS) is 10.8. The Balaban J connectivity index is 2.76. The van der Waals surface area contributed by atoms with Crippen LogP contribution in [0.1, 0.15) is 43.7 Å². The number of aliphatic hydroxyl groups is 1. The maximum absolute atomic E-state index is 8.76. The molecule has 1 rings (SSSR count). The first-order valence-corrected chi connectivity index (χ1v) is 5.96. The topological polar surface area (TPSA) is 29.5 Å². The number of hydrogen-bond donors (Lipinski definition) is 1. The summed E-state index contributed by atoms with van der Waals surface area (Å²) in [6, 6.07) is 6.44. The summed E-state index contributed by atoms with van der Waals surface area (Å²) in [5.74, 6) is 1.50. The van der Waals surface area contributed by atoms with Crippen molar-refractivity contribution < 1.29 is 9.84 Å². The average molecular weight is 222 g/mol. The second-order valence-corrected chi connectivity index (χ2v) is 4.41. The molecule has 0 atom stereocenters. The van der Waals surface area contributed by atoms with Gasteiger partial charge in [-0.25, -0.2) is 0 Å². The summed E-state index contributed by atoms with van der Waals surface area (Å²) in [5, 5.41) is 8.76. The molecule has 16 heavy (non-hydrogen) atoms. The van der Waals surface area contributed by atoms with Crippen molar-refractivity contribution in [3.05, 3.63) is 29.3 Å². The smallest absolute Gasteiger partial charge is 0.122 e. The van der Waals surface area contributed by atoms with Crippen molar-refractivity contribution in [3.8, 4) is 5.75 Å². The van der Waals surface area contributed by atoms with Crippen LogP contribution < -0.4 is 4.74 Å². The quantitative estimate of drug-likeness (QED) is 0.749. The highest BCUT2D eigenvalue weighted by molar-refractivity contribution is 5.38. The molecular weight excluding hydrogens is 200 g/mol. The Morgan fingerprint density at radius 1 is 1.25 bits per heavy atom. The van der Waals surface area contributed by atoms with E-state index in [4.69, 9.17) is 9.84 Å². The number of aliphatic hydroxyl groups excluding tert-OH is 1. The number of hydrogen-bond acceptors (Lipinski definition) is 2. The van der Waals surface area contributed by atoms with Crippen LogP contribution in [-0.2, 0) is 6.42 Å². The van der Waals surface area contributed by atoms with Crippen molar-refractivity contribution in [2.45, 2.75) is 39.0 Å². The van der Waals surface area contributed by atoms with E-state index in [0.717, 1.165) is 25.0 Å². The van der Waals surface area contributed by atoms with Crippen LogP contribution >= 0.6 is 0 Å². The highest BCUT2D eigenvalue weighted by atomic mass is 16.5. The van der Waals surface area contributed by atoms with Gasteiger partial charge in [-0.15, -0.1) is 0 Å². The van der Waals surface area contributed by atoms with Gasteiger partial charge in [0.15, 0.2) is 0 Å². The van der Waals surface area contributed by atoms with E-state index in [1.807, 2.05) is 0 Å². The molecule has 2 nitrogen and oxygen atoms in total. The molecule has 0 saturated heterocycles. The van der Waals surface area contributed by atoms with Gasteiger partial charge in [0.25, 0.3) is 0 Å². The second kappa shape index (κ2) is 6.54. The van der Waals surface area contributed by atoms with E-state index in [-0.39, 0.29) is 6.61 Å². The van der Waals surface area contributed by atoms with Crippen LogP contribution in [0.25, 0.3) is 0 Å². The van der Waals surface area contributed by atoms with Gasteiger partial charge in [-0.1, -0.05) is 26.0 Å². The van der Waals surface area contributed by atoms with Crippen LogP contribution in [0.5, 0.6) is 5.75 Å². The number of ether oxygens (including phenoxy) is 1. The minimum Gasteiger partial charge on any atom is -0.496 e. The molecule has 0 aliphatic rings. The van der Waals surface area contributed by atoms with Gasteiger partial charge in [0.1, 0.15) is 5.75 Å². The predicted octanol–water partition coefficient (Wildman–Crippen LogP) is 3.13. The number of rotatable bonds is 6. The predicted molar refractivity (Wildman–Crippen MR) is 67.1 cm³/mol. The molecule has 0 amide bonds. The summed E-state index contributed by atoms with van der Waals surface area (Å²) in [4.78, 5) is 0. The SMILES string of the molecule is COc1cc(C(C)C)ccc1CCCCO. The zero-order chi connectivity index (χ0) is 12.0. The van der Waals surface area contributed by atoms with Crippen LogP contribution in [0.4, 0.5) is 0 Å². The molecule has 0 bridgehead atoms. The van der Waals surface area contributed by atoms with Gasteiger partial charge in [-0.3, -0.25) is 0 Å². The van der Waals surface area contributed by atoms with Crippen molar-refractivity contribution in [1.29, 1.82) is 0 Å². The van der Waals surface area contributed by atoms with Crippen molar-refractivity contribution in [2.75, 3.05) is 13.7 Å². The molecule has 0 radical (unpaired) electrons. The van der Waals surface area contributed by atoms with E-state index in [2.05, 4.69) is 32.0 Å². The van der Waals surface area contributed by atoms with Crippen molar-refractivity contribution >= 4 is 0 Å². The van der Waals surface area contributed by atoms with E-state index in [1.165, 1.54) is 11.1 Å². The molecule has 1 N–H and O–H groups in total. The minimum absolute atomic E-state index is 0.270. The number of benzene rings is 1. The van der Waals surface area contributed by atoms with E-state index < -0.39 is 0 Å². The van der Waals surface area contributed by atoms with Crippen LogP contribution in [0, 0.1) is 0 Å². The zero-order valence-electron chi connectivity index (χ0n) is 10.5. The largest absolute Gasteiger partial charge is 0.496 e. The Kier molecular flexibility index (Phi) is 5.33. The van der Waals surface area contributed by atoms with E-state index in [9.17, 15) is 0 Å². The Morgan fingerprint density at radius 2 is 2.00 bits per heavy atom. The first-order chi connectivity index (χ1) is 7.69. The van der Waals surface area contributed by atoms with Gasteiger partial charge in [-0.05, 0) is 42.4 Å². The van der Waals surface area contributed by atoms with Gasteiger partial charge in [0.2, 0.25) is 0 Å². The lowest BCUT2D eigenvalue weighted by molar-refractivity contribution is 0.284. The Morgan fingerprint density at radius 3 is 2.56 bits per heavy atom. The molecule has 0 unspecified atom stereocenters. The maximum Gasteiger partial charge on any atom is 0.122 e. The fourth-order valence-corrected chi connectivity index (χ4v) is 1.75. The van der Waals surface area contributed by atoms with Crippen LogP contribution in [0.15, 0.2) is 18.2 Å². The summed E-state index contributed by atoms with van der Waals surface area (Å²) in [6.45, 7) is 4.63. The van der Waals surface area contributed by atoms with Gasteiger partial charge in [0.05, 0.1) is 7.11 Å². The van der Waals surface area contributed by atoms with E-state index in [0.29, 0.717) is 5.92 Å². The molecule has 2 heteroatoms. The highest BCUT2D eigenvalue weighted by Gasteiger charge is 2.06. The van der Waals surface area contributed by atoms with E-state index >= 15 is 0 Å². The third kappa shape index (κ3) is 3.53. The number of aryl methyl sites for hydroxylation is 1. The van der Waals surface area contributed by atoms with Gasteiger partial charge in [0, 0.05) is 6.61 Å².